The lowest BCUT2D eigenvalue weighted by Gasteiger charge is -2.11. The maximum atomic E-state index is 13.3. The summed E-state index contributed by atoms with van der Waals surface area (Å²) < 4.78 is 39.8. The van der Waals surface area contributed by atoms with Crippen LogP contribution < -0.4 is 11.0 Å². The van der Waals surface area contributed by atoms with E-state index < -0.39 is 11.7 Å². The number of hydrogen-bond acceptors (Lipinski definition) is 4. The van der Waals surface area contributed by atoms with Gasteiger partial charge in [0, 0.05) is 28.6 Å². The smallest absolute Gasteiger partial charge is 0.368 e. The molecule has 0 saturated heterocycles. The van der Waals surface area contributed by atoms with Crippen LogP contribution >= 0.6 is 8.58 Å². The highest BCUT2D eigenvalue weighted by molar-refractivity contribution is 7.47. The zero-order valence-electron chi connectivity index (χ0n) is 12.4. The molecule has 3 rings (SSSR count). The fraction of sp³-hybridized carbons (Fsp3) is 0.133. The van der Waals surface area contributed by atoms with Crippen molar-refractivity contribution in [1.82, 2.24) is 15.0 Å². The molecule has 0 spiro atoms. The Balaban J connectivity index is 2.33. The highest BCUT2D eigenvalue weighted by Crippen LogP contribution is 2.38. The van der Waals surface area contributed by atoms with E-state index in [1.54, 1.807) is 12.1 Å². The van der Waals surface area contributed by atoms with E-state index in [1.165, 1.54) is 6.20 Å². The maximum Gasteiger partial charge on any atom is 0.419 e. The number of nitrogens with two attached hydrogens (primary N) is 1. The predicted molar refractivity (Wildman–Crippen MR) is 87.3 cm³/mol. The second-order valence-electron chi connectivity index (χ2n) is 4.96. The van der Waals surface area contributed by atoms with Gasteiger partial charge in [-0.05, 0) is 12.7 Å². The van der Waals surface area contributed by atoms with Gasteiger partial charge in [0.25, 0.3) is 0 Å². The molecule has 3 N–H and O–H groups in total. The van der Waals surface area contributed by atoms with Crippen LogP contribution in [0.3, 0.4) is 0 Å². The van der Waals surface area contributed by atoms with Gasteiger partial charge < -0.3 is 10.7 Å². The van der Waals surface area contributed by atoms with Crippen LogP contribution in [-0.4, -0.2) is 21.6 Å². The van der Waals surface area contributed by atoms with Crippen molar-refractivity contribution in [3.63, 3.8) is 0 Å². The number of benzene rings is 1. The van der Waals surface area contributed by atoms with Gasteiger partial charge in [-0.3, -0.25) is 0 Å². The molecule has 1 atom stereocenters. The van der Waals surface area contributed by atoms with Gasteiger partial charge in [0.05, 0.1) is 22.8 Å². The van der Waals surface area contributed by atoms with Gasteiger partial charge in [0.15, 0.2) is 0 Å². The van der Waals surface area contributed by atoms with Crippen molar-refractivity contribution in [3.8, 4) is 17.3 Å². The number of halogens is 3. The molecule has 122 valence electrons. The number of nitrogen functional groups attached to an aromatic ring is 1. The Bertz CT molecular complexity index is 972. The van der Waals surface area contributed by atoms with Crippen molar-refractivity contribution in [2.24, 2.45) is 0 Å². The number of alkyl halides is 3. The highest BCUT2D eigenvalue weighted by Gasteiger charge is 2.36. The molecule has 0 fully saturated rings. The lowest BCUT2D eigenvalue weighted by Crippen LogP contribution is -2.11. The first-order valence-corrected chi connectivity index (χ1v) is 8.28. The summed E-state index contributed by atoms with van der Waals surface area (Å²) in [5, 5.41) is 10.5. The molecule has 1 unspecified atom stereocenters. The Kier molecular flexibility index (Phi) is 3.90. The minimum atomic E-state index is -4.60. The third-order valence-corrected chi connectivity index (χ3v) is 4.61. The first-order chi connectivity index (χ1) is 11.4. The van der Waals surface area contributed by atoms with Crippen molar-refractivity contribution in [2.75, 3.05) is 12.4 Å². The molecule has 0 radical (unpaired) electrons. The van der Waals surface area contributed by atoms with Gasteiger partial charge in [0.2, 0.25) is 5.95 Å². The van der Waals surface area contributed by atoms with Crippen LogP contribution in [0.15, 0.2) is 24.5 Å². The number of nitriles is 1. The van der Waals surface area contributed by atoms with Crippen LogP contribution in [0.4, 0.5) is 19.1 Å². The van der Waals surface area contributed by atoms with Gasteiger partial charge in [-0.1, -0.05) is 14.6 Å². The van der Waals surface area contributed by atoms with Crippen molar-refractivity contribution < 1.29 is 13.2 Å². The molecule has 3 aromatic rings. The number of nitrogens with one attached hydrogen (secondary N) is 1. The average molecular weight is 349 g/mol. The standard InChI is InChI=1S/C15H11F3N5P/c1-24-13-7(4-19)2-3-8-9(5-21-12(8)13)11-10(15(16,17)18)6-22-14(20)23-11/h2-3,5-6,21,24H,1H3,(H2,20,22,23). The van der Waals surface area contributed by atoms with E-state index in [1.807, 2.05) is 6.66 Å². The molecule has 2 aromatic heterocycles. The van der Waals surface area contributed by atoms with Gasteiger partial charge >= 0.3 is 6.18 Å². The molecule has 0 aliphatic rings. The number of H-pyrrole nitrogens is 1. The monoisotopic (exact) mass is 349 g/mol. The Hall–Kier alpha value is -2.65. The minimum absolute atomic E-state index is 0.237. The molecular formula is C15H11F3N5P. The number of fused-ring (bicyclic) bond motifs is 1. The second-order valence-corrected chi connectivity index (χ2v) is 5.96. The van der Waals surface area contributed by atoms with Crippen LogP contribution in [0.1, 0.15) is 11.1 Å². The van der Waals surface area contributed by atoms with E-state index in [2.05, 4.69) is 21.0 Å². The number of aromatic nitrogens is 3. The summed E-state index contributed by atoms with van der Waals surface area (Å²) >= 11 is 0. The van der Waals surface area contributed by atoms with Crippen LogP contribution in [-0.2, 0) is 6.18 Å². The molecule has 9 heteroatoms. The van der Waals surface area contributed by atoms with E-state index in [0.717, 1.165) is 5.30 Å². The van der Waals surface area contributed by atoms with Crippen LogP contribution in [0.5, 0.6) is 0 Å². The third-order valence-electron chi connectivity index (χ3n) is 3.59. The molecular weight excluding hydrogens is 338 g/mol. The topological polar surface area (TPSA) is 91.4 Å². The lowest BCUT2D eigenvalue weighted by atomic mass is 10.0. The summed E-state index contributed by atoms with van der Waals surface area (Å²) in [4.78, 5) is 10.2. The molecule has 5 nitrogen and oxygen atoms in total. The van der Waals surface area contributed by atoms with Gasteiger partial charge in [-0.2, -0.15) is 18.4 Å². The predicted octanol–water partition coefficient (Wildman–Crippen LogP) is 3.03. The first-order valence-electron chi connectivity index (χ1n) is 6.78. The average Bonchev–Trinajstić information content (AvgIpc) is 2.96. The maximum absolute atomic E-state index is 13.3. The van der Waals surface area contributed by atoms with E-state index in [-0.39, 0.29) is 17.2 Å². The van der Waals surface area contributed by atoms with Crippen LogP contribution in [0.25, 0.3) is 22.2 Å². The molecule has 0 aliphatic carbocycles. The molecule has 0 bridgehead atoms. The minimum Gasteiger partial charge on any atom is -0.368 e. The van der Waals surface area contributed by atoms with E-state index in [4.69, 9.17) is 5.73 Å². The van der Waals surface area contributed by atoms with Crippen molar-refractivity contribution in [3.05, 3.63) is 35.7 Å². The quantitative estimate of drug-likeness (QED) is 0.696. The molecule has 24 heavy (non-hydrogen) atoms. The molecule has 0 amide bonds. The fourth-order valence-electron chi connectivity index (χ4n) is 2.56. The number of nitrogens with zero attached hydrogens (tertiary/aromatic N) is 3. The zero-order valence-corrected chi connectivity index (χ0v) is 13.4. The van der Waals surface area contributed by atoms with Crippen molar-refractivity contribution >= 4 is 30.7 Å². The summed E-state index contributed by atoms with van der Waals surface area (Å²) in [5.41, 5.74) is 5.65. The number of rotatable bonds is 2. The highest BCUT2D eigenvalue weighted by atomic mass is 31.1. The van der Waals surface area contributed by atoms with Crippen molar-refractivity contribution in [1.29, 1.82) is 5.26 Å². The Labute approximate surface area is 136 Å². The van der Waals surface area contributed by atoms with Crippen LogP contribution in [0, 0.1) is 11.3 Å². The summed E-state index contributed by atoms with van der Waals surface area (Å²) in [7, 11) is 0.311. The van der Waals surface area contributed by atoms with E-state index >= 15 is 0 Å². The third kappa shape index (κ3) is 2.57. The second kappa shape index (κ2) is 5.77. The summed E-state index contributed by atoms with van der Waals surface area (Å²) in [6.07, 6.45) is -2.47. The fourth-order valence-corrected chi connectivity index (χ4v) is 3.42. The van der Waals surface area contributed by atoms with Gasteiger partial charge in [-0.15, -0.1) is 0 Å². The zero-order chi connectivity index (χ0) is 17.5. The molecule has 0 saturated carbocycles. The number of hydrogen-bond donors (Lipinski definition) is 2. The Morgan fingerprint density at radius 2 is 2.08 bits per heavy atom. The normalized spacial score (nSPS) is 12.1. The lowest BCUT2D eigenvalue weighted by molar-refractivity contribution is -0.137. The van der Waals surface area contributed by atoms with Crippen molar-refractivity contribution in [2.45, 2.75) is 6.18 Å². The van der Waals surface area contributed by atoms with Gasteiger partial charge in [-0.25, -0.2) is 9.97 Å². The molecule has 0 aliphatic heterocycles. The number of aromatic amines is 1. The SMILES string of the molecule is CPc1c(C#N)ccc2c(-c3nc(N)ncc3C(F)(F)F)c[nH]c12. The Morgan fingerprint density at radius 3 is 2.71 bits per heavy atom. The summed E-state index contributed by atoms with van der Waals surface area (Å²) in [6, 6.07) is 5.31. The Morgan fingerprint density at radius 1 is 1.33 bits per heavy atom. The van der Waals surface area contributed by atoms with E-state index in [9.17, 15) is 18.4 Å². The molecule has 1 aromatic carbocycles. The first kappa shape index (κ1) is 16.2. The summed E-state index contributed by atoms with van der Waals surface area (Å²) in [6.45, 7) is 1.90. The van der Waals surface area contributed by atoms with Gasteiger partial charge in [0.1, 0.15) is 5.56 Å². The molecule has 2 heterocycles. The summed E-state index contributed by atoms with van der Waals surface area (Å²) in [5.74, 6) is -0.237. The largest absolute Gasteiger partial charge is 0.419 e. The van der Waals surface area contributed by atoms with Crippen LogP contribution in [0.2, 0.25) is 0 Å². The number of anilines is 1. The van der Waals surface area contributed by atoms with E-state index in [0.29, 0.717) is 31.2 Å².